The lowest BCUT2D eigenvalue weighted by atomic mass is 9.99. The van der Waals surface area contributed by atoms with E-state index in [4.69, 9.17) is 15.6 Å². The van der Waals surface area contributed by atoms with Crippen molar-refractivity contribution in [3.63, 3.8) is 0 Å². The fraction of sp³-hybridized carbons (Fsp3) is 0.385. The highest BCUT2D eigenvalue weighted by molar-refractivity contribution is 5.76. The number of carboxylic acids is 1. The minimum absolute atomic E-state index is 0.000298. The lowest BCUT2D eigenvalue weighted by Gasteiger charge is -2.14. The number of hydrogen-bond acceptors (Lipinski definition) is 4. The summed E-state index contributed by atoms with van der Waals surface area (Å²) < 4.78 is 5.04. The summed E-state index contributed by atoms with van der Waals surface area (Å²) in [6, 6.07) is 8.23. The molecule has 2 atom stereocenters. The van der Waals surface area contributed by atoms with Gasteiger partial charge in [-0.1, -0.05) is 37.3 Å². The van der Waals surface area contributed by atoms with Gasteiger partial charge in [-0.05, 0) is 11.5 Å². The Morgan fingerprint density at radius 3 is 2.50 bits per heavy atom. The summed E-state index contributed by atoms with van der Waals surface area (Å²) in [5, 5.41) is 8.70. The van der Waals surface area contributed by atoms with Crippen molar-refractivity contribution in [3.05, 3.63) is 35.9 Å². The molecule has 0 bridgehead atoms. The van der Waals surface area contributed by atoms with Crippen molar-refractivity contribution in [2.24, 2.45) is 11.7 Å². The first-order valence-corrected chi connectivity index (χ1v) is 5.68. The molecule has 0 spiro atoms. The molecule has 5 nitrogen and oxygen atoms in total. The Hall–Kier alpha value is -1.88. The first-order chi connectivity index (χ1) is 8.50. The second-order valence-electron chi connectivity index (χ2n) is 4.19. The van der Waals surface area contributed by atoms with E-state index in [1.54, 1.807) is 6.92 Å². The van der Waals surface area contributed by atoms with E-state index in [-0.39, 0.29) is 13.0 Å². The topological polar surface area (TPSA) is 89.6 Å². The summed E-state index contributed by atoms with van der Waals surface area (Å²) in [5.74, 6) is -2.01. The number of rotatable bonds is 6. The first-order valence-electron chi connectivity index (χ1n) is 5.68. The molecule has 0 heterocycles. The summed E-state index contributed by atoms with van der Waals surface area (Å²) in [7, 11) is 0. The molecular formula is C13H17NO4. The average Bonchev–Trinajstić information content (AvgIpc) is 2.36. The van der Waals surface area contributed by atoms with Crippen LogP contribution in [-0.2, 0) is 20.9 Å². The highest BCUT2D eigenvalue weighted by Gasteiger charge is 2.22. The monoisotopic (exact) mass is 251 g/mol. The van der Waals surface area contributed by atoms with E-state index in [2.05, 4.69) is 0 Å². The zero-order chi connectivity index (χ0) is 13.5. The van der Waals surface area contributed by atoms with Crippen LogP contribution in [0, 0.1) is 5.92 Å². The van der Waals surface area contributed by atoms with E-state index in [0.717, 1.165) is 5.56 Å². The van der Waals surface area contributed by atoms with Crippen molar-refractivity contribution in [2.75, 3.05) is 0 Å². The fourth-order valence-electron chi connectivity index (χ4n) is 1.43. The van der Waals surface area contributed by atoms with Crippen LogP contribution < -0.4 is 5.73 Å². The maximum absolute atomic E-state index is 11.5. The van der Waals surface area contributed by atoms with Gasteiger partial charge in [0.2, 0.25) is 0 Å². The minimum Gasteiger partial charge on any atom is -0.480 e. The first kappa shape index (κ1) is 14.2. The predicted molar refractivity (Wildman–Crippen MR) is 65.6 cm³/mol. The molecule has 1 aromatic carbocycles. The SMILES string of the molecule is CC(CC(=O)OCc1ccccc1)[C@@H](N)C(=O)O. The van der Waals surface area contributed by atoms with Crippen LogP contribution in [0.25, 0.3) is 0 Å². The zero-order valence-electron chi connectivity index (χ0n) is 10.2. The van der Waals surface area contributed by atoms with E-state index >= 15 is 0 Å². The van der Waals surface area contributed by atoms with E-state index in [1.165, 1.54) is 0 Å². The number of hydrogen-bond donors (Lipinski definition) is 2. The van der Waals surface area contributed by atoms with Gasteiger partial charge in [-0.2, -0.15) is 0 Å². The molecule has 0 saturated carbocycles. The Morgan fingerprint density at radius 2 is 1.94 bits per heavy atom. The van der Waals surface area contributed by atoms with E-state index in [9.17, 15) is 9.59 Å². The third-order valence-electron chi connectivity index (χ3n) is 2.63. The van der Waals surface area contributed by atoms with Crippen LogP contribution in [0.2, 0.25) is 0 Å². The largest absolute Gasteiger partial charge is 0.480 e. The third kappa shape index (κ3) is 4.55. The molecule has 18 heavy (non-hydrogen) atoms. The number of benzene rings is 1. The fourth-order valence-corrected chi connectivity index (χ4v) is 1.43. The van der Waals surface area contributed by atoms with Gasteiger partial charge in [-0.3, -0.25) is 9.59 Å². The minimum atomic E-state index is -1.11. The van der Waals surface area contributed by atoms with Crippen molar-refractivity contribution in [2.45, 2.75) is 26.0 Å². The molecule has 0 aromatic heterocycles. The third-order valence-corrected chi connectivity index (χ3v) is 2.63. The lowest BCUT2D eigenvalue weighted by molar-refractivity contribution is -0.147. The molecule has 0 saturated heterocycles. The summed E-state index contributed by atoms with van der Waals surface area (Å²) in [4.78, 5) is 22.1. The molecule has 5 heteroatoms. The molecule has 0 aliphatic heterocycles. The van der Waals surface area contributed by atoms with Crippen LogP contribution in [0.3, 0.4) is 0 Å². The van der Waals surface area contributed by atoms with Crippen LogP contribution >= 0.6 is 0 Å². The number of carbonyl (C=O) groups excluding carboxylic acids is 1. The van der Waals surface area contributed by atoms with E-state index in [1.807, 2.05) is 30.3 Å². The van der Waals surface area contributed by atoms with Gasteiger partial charge in [0.25, 0.3) is 0 Å². The molecule has 0 aliphatic rings. The second-order valence-corrected chi connectivity index (χ2v) is 4.19. The maximum atomic E-state index is 11.5. The Bertz CT molecular complexity index is 405. The van der Waals surface area contributed by atoms with Crippen molar-refractivity contribution in [1.82, 2.24) is 0 Å². The summed E-state index contributed by atoms with van der Waals surface area (Å²) in [6.07, 6.45) is 0.000298. The molecule has 3 N–H and O–H groups in total. The molecule has 0 fully saturated rings. The Morgan fingerprint density at radius 1 is 1.33 bits per heavy atom. The van der Waals surface area contributed by atoms with E-state index in [0.29, 0.717) is 0 Å². The Labute approximate surface area is 106 Å². The molecule has 0 radical (unpaired) electrons. The molecule has 1 aromatic rings. The number of aliphatic carboxylic acids is 1. The molecule has 0 aliphatic carbocycles. The zero-order valence-corrected chi connectivity index (χ0v) is 10.2. The number of esters is 1. The van der Waals surface area contributed by atoms with Crippen LogP contribution in [0.15, 0.2) is 30.3 Å². The lowest BCUT2D eigenvalue weighted by Crippen LogP contribution is -2.37. The Balaban J connectivity index is 2.36. The van der Waals surface area contributed by atoms with Gasteiger partial charge < -0.3 is 15.6 Å². The van der Waals surface area contributed by atoms with Gasteiger partial charge >= 0.3 is 11.9 Å². The quantitative estimate of drug-likeness (QED) is 0.741. The highest BCUT2D eigenvalue weighted by atomic mass is 16.5. The molecule has 1 unspecified atom stereocenters. The predicted octanol–water partition coefficient (Wildman–Crippen LogP) is 1.17. The summed E-state index contributed by atoms with van der Waals surface area (Å²) >= 11 is 0. The smallest absolute Gasteiger partial charge is 0.320 e. The maximum Gasteiger partial charge on any atom is 0.320 e. The molecular weight excluding hydrogens is 234 g/mol. The number of carboxylic acid groups (broad SMARTS) is 1. The van der Waals surface area contributed by atoms with Crippen LogP contribution in [0.5, 0.6) is 0 Å². The number of ether oxygens (including phenoxy) is 1. The standard InChI is InChI=1S/C13H17NO4/c1-9(12(14)13(16)17)7-11(15)18-8-10-5-3-2-4-6-10/h2-6,9,12H,7-8,14H2,1H3,(H,16,17)/t9?,12-/m1/s1. The van der Waals surface area contributed by atoms with Gasteiger partial charge in [0.1, 0.15) is 12.6 Å². The van der Waals surface area contributed by atoms with Crippen molar-refractivity contribution < 1.29 is 19.4 Å². The van der Waals surface area contributed by atoms with Crippen molar-refractivity contribution >= 4 is 11.9 Å². The van der Waals surface area contributed by atoms with Crippen molar-refractivity contribution in [1.29, 1.82) is 0 Å². The van der Waals surface area contributed by atoms with Crippen LogP contribution in [-0.4, -0.2) is 23.1 Å². The van der Waals surface area contributed by atoms with Crippen molar-refractivity contribution in [3.8, 4) is 0 Å². The summed E-state index contributed by atoms with van der Waals surface area (Å²) in [5.41, 5.74) is 6.30. The molecule has 1 rings (SSSR count). The molecule has 98 valence electrons. The average molecular weight is 251 g/mol. The number of nitrogens with two attached hydrogens (primary N) is 1. The highest BCUT2D eigenvalue weighted by Crippen LogP contribution is 2.09. The van der Waals surface area contributed by atoms with Crippen LogP contribution in [0.4, 0.5) is 0 Å². The van der Waals surface area contributed by atoms with E-state index < -0.39 is 23.9 Å². The Kier molecular flexibility index (Phi) is 5.32. The van der Waals surface area contributed by atoms with Gasteiger partial charge in [0.05, 0.1) is 6.42 Å². The van der Waals surface area contributed by atoms with Gasteiger partial charge in [-0.15, -0.1) is 0 Å². The van der Waals surface area contributed by atoms with Gasteiger partial charge in [0, 0.05) is 0 Å². The second kappa shape index (κ2) is 6.76. The van der Waals surface area contributed by atoms with Gasteiger partial charge in [0.15, 0.2) is 0 Å². The van der Waals surface area contributed by atoms with Crippen LogP contribution in [0.1, 0.15) is 18.9 Å². The summed E-state index contributed by atoms with van der Waals surface area (Å²) in [6.45, 7) is 1.80. The number of carbonyl (C=O) groups is 2. The normalized spacial score (nSPS) is 13.7. The molecule has 0 amide bonds. The van der Waals surface area contributed by atoms with Gasteiger partial charge in [-0.25, -0.2) is 0 Å².